The molecule has 1 unspecified atom stereocenters. The van der Waals surface area contributed by atoms with Crippen molar-refractivity contribution in [3.8, 4) is 5.88 Å². The quantitative estimate of drug-likeness (QED) is 0.805. The molecule has 0 amide bonds. The molecule has 0 radical (unpaired) electrons. The molecule has 0 saturated heterocycles. The molecule has 4 nitrogen and oxygen atoms in total. The van der Waals surface area contributed by atoms with E-state index in [0.29, 0.717) is 24.3 Å². The highest BCUT2D eigenvalue weighted by atomic mass is 16.5. The van der Waals surface area contributed by atoms with Crippen molar-refractivity contribution >= 4 is 5.82 Å². The standard InChI is InChI=1S/C12H21N3O/c1-5-16-12-6-11(14-8-15-12)13-7-10(4)9(2)3/h6,8-10H,5,7H2,1-4H3,(H,13,14,15). The van der Waals surface area contributed by atoms with Gasteiger partial charge in [-0.05, 0) is 18.8 Å². The molecule has 0 aliphatic heterocycles. The van der Waals surface area contributed by atoms with E-state index in [9.17, 15) is 0 Å². The van der Waals surface area contributed by atoms with Crippen LogP contribution in [-0.2, 0) is 0 Å². The Hall–Kier alpha value is -1.32. The normalized spacial score (nSPS) is 12.6. The highest BCUT2D eigenvalue weighted by Gasteiger charge is 2.07. The number of hydrogen-bond donors (Lipinski definition) is 1. The summed E-state index contributed by atoms with van der Waals surface area (Å²) in [5.74, 6) is 2.73. The molecule has 1 aromatic heterocycles. The smallest absolute Gasteiger partial charge is 0.218 e. The molecule has 1 atom stereocenters. The van der Waals surface area contributed by atoms with Gasteiger partial charge in [-0.1, -0.05) is 20.8 Å². The van der Waals surface area contributed by atoms with Crippen LogP contribution in [0.2, 0.25) is 0 Å². The summed E-state index contributed by atoms with van der Waals surface area (Å²) < 4.78 is 5.31. The van der Waals surface area contributed by atoms with Crippen molar-refractivity contribution < 1.29 is 4.74 Å². The van der Waals surface area contributed by atoms with Crippen LogP contribution in [0.25, 0.3) is 0 Å². The van der Waals surface area contributed by atoms with Crippen LogP contribution in [0.15, 0.2) is 12.4 Å². The van der Waals surface area contributed by atoms with Crippen molar-refractivity contribution in [3.05, 3.63) is 12.4 Å². The van der Waals surface area contributed by atoms with E-state index in [-0.39, 0.29) is 0 Å². The predicted octanol–water partition coefficient (Wildman–Crippen LogP) is 2.58. The Labute approximate surface area is 97.5 Å². The zero-order chi connectivity index (χ0) is 12.0. The summed E-state index contributed by atoms with van der Waals surface area (Å²) in [6, 6.07) is 1.83. The van der Waals surface area contributed by atoms with E-state index < -0.39 is 0 Å². The number of nitrogens with one attached hydrogen (secondary N) is 1. The summed E-state index contributed by atoms with van der Waals surface area (Å²) in [6.07, 6.45) is 1.52. The van der Waals surface area contributed by atoms with Gasteiger partial charge in [0.15, 0.2) is 0 Å². The largest absolute Gasteiger partial charge is 0.478 e. The van der Waals surface area contributed by atoms with E-state index in [2.05, 4.69) is 36.1 Å². The predicted molar refractivity (Wildman–Crippen MR) is 65.7 cm³/mol. The van der Waals surface area contributed by atoms with Crippen LogP contribution in [0.4, 0.5) is 5.82 Å². The summed E-state index contributed by atoms with van der Waals surface area (Å²) >= 11 is 0. The van der Waals surface area contributed by atoms with Gasteiger partial charge >= 0.3 is 0 Å². The van der Waals surface area contributed by atoms with Gasteiger partial charge in [0.25, 0.3) is 0 Å². The molecule has 0 aliphatic rings. The third-order valence-corrected chi connectivity index (χ3v) is 2.68. The van der Waals surface area contributed by atoms with Gasteiger partial charge in [-0.2, -0.15) is 0 Å². The van der Waals surface area contributed by atoms with Crippen molar-refractivity contribution in [2.75, 3.05) is 18.5 Å². The molecule has 0 bridgehead atoms. The van der Waals surface area contributed by atoms with E-state index in [4.69, 9.17) is 4.74 Å². The highest BCUT2D eigenvalue weighted by Crippen LogP contribution is 2.13. The van der Waals surface area contributed by atoms with E-state index in [1.165, 1.54) is 6.33 Å². The van der Waals surface area contributed by atoms with Crippen LogP contribution in [0, 0.1) is 11.8 Å². The lowest BCUT2D eigenvalue weighted by atomic mass is 9.98. The van der Waals surface area contributed by atoms with Gasteiger partial charge in [-0.3, -0.25) is 0 Å². The summed E-state index contributed by atoms with van der Waals surface area (Å²) in [6.45, 7) is 10.1. The second-order valence-electron chi connectivity index (χ2n) is 4.28. The van der Waals surface area contributed by atoms with Crippen LogP contribution in [0.5, 0.6) is 5.88 Å². The monoisotopic (exact) mass is 223 g/mol. The highest BCUT2D eigenvalue weighted by molar-refractivity contribution is 5.36. The first-order valence-electron chi connectivity index (χ1n) is 5.82. The molecule has 0 aromatic carbocycles. The van der Waals surface area contributed by atoms with Crippen molar-refractivity contribution in [2.45, 2.75) is 27.7 Å². The molecule has 1 rings (SSSR count). The zero-order valence-corrected chi connectivity index (χ0v) is 10.5. The van der Waals surface area contributed by atoms with Gasteiger partial charge in [0.05, 0.1) is 6.61 Å². The van der Waals surface area contributed by atoms with Crippen molar-refractivity contribution in [2.24, 2.45) is 11.8 Å². The first-order chi connectivity index (χ1) is 7.63. The van der Waals surface area contributed by atoms with Gasteiger partial charge in [0.1, 0.15) is 12.1 Å². The summed E-state index contributed by atoms with van der Waals surface area (Å²) in [7, 11) is 0. The van der Waals surface area contributed by atoms with Crippen molar-refractivity contribution in [1.29, 1.82) is 0 Å². The van der Waals surface area contributed by atoms with Gasteiger partial charge in [-0.25, -0.2) is 9.97 Å². The minimum Gasteiger partial charge on any atom is -0.478 e. The van der Waals surface area contributed by atoms with Crippen LogP contribution >= 0.6 is 0 Å². The fourth-order valence-corrected chi connectivity index (χ4v) is 1.16. The molecule has 0 saturated carbocycles. The number of aromatic nitrogens is 2. The van der Waals surface area contributed by atoms with Gasteiger partial charge in [0.2, 0.25) is 5.88 Å². The Morgan fingerprint density at radius 2 is 2.06 bits per heavy atom. The Balaban J connectivity index is 2.50. The van der Waals surface area contributed by atoms with Gasteiger partial charge in [-0.15, -0.1) is 0 Å². The minimum absolute atomic E-state index is 0.616. The third-order valence-electron chi connectivity index (χ3n) is 2.68. The van der Waals surface area contributed by atoms with E-state index in [1.54, 1.807) is 0 Å². The molecule has 1 aromatic rings. The average molecular weight is 223 g/mol. The number of hydrogen-bond acceptors (Lipinski definition) is 4. The van der Waals surface area contributed by atoms with Crippen LogP contribution in [-0.4, -0.2) is 23.1 Å². The van der Waals surface area contributed by atoms with E-state index >= 15 is 0 Å². The summed E-state index contributed by atoms with van der Waals surface area (Å²) in [5.41, 5.74) is 0. The van der Waals surface area contributed by atoms with Crippen LogP contribution in [0.3, 0.4) is 0 Å². The fourth-order valence-electron chi connectivity index (χ4n) is 1.16. The first kappa shape index (κ1) is 12.7. The molecule has 1 N–H and O–H groups in total. The molecule has 16 heavy (non-hydrogen) atoms. The number of ether oxygens (including phenoxy) is 1. The lowest BCUT2D eigenvalue weighted by Crippen LogP contribution is -2.16. The Morgan fingerprint density at radius 1 is 1.31 bits per heavy atom. The minimum atomic E-state index is 0.616. The molecule has 4 heteroatoms. The molecular weight excluding hydrogens is 202 g/mol. The Kier molecular flexibility index (Phi) is 5.02. The SMILES string of the molecule is CCOc1cc(NCC(C)C(C)C)ncn1. The van der Waals surface area contributed by atoms with Gasteiger partial charge < -0.3 is 10.1 Å². The lowest BCUT2D eigenvalue weighted by Gasteiger charge is -2.16. The van der Waals surface area contributed by atoms with E-state index in [0.717, 1.165) is 12.4 Å². The Bertz CT molecular complexity index is 315. The Morgan fingerprint density at radius 3 is 2.69 bits per heavy atom. The average Bonchev–Trinajstić information content (AvgIpc) is 2.26. The second-order valence-corrected chi connectivity index (χ2v) is 4.28. The zero-order valence-electron chi connectivity index (χ0n) is 10.5. The fraction of sp³-hybridized carbons (Fsp3) is 0.667. The number of nitrogens with zero attached hydrogens (tertiary/aromatic N) is 2. The van der Waals surface area contributed by atoms with Crippen LogP contribution < -0.4 is 10.1 Å². The third kappa shape index (κ3) is 4.04. The van der Waals surface area contributed by atoms with Crippen LogP contribution in [0.1, 0.15) is 27.7 Å². The maximum Gasteiger partial charge on any atom is 0.218 e. The molecule has 0 aliphatic carbocycles. The lowest BCUT2D eigenvalue weighted by molar-refractivity contribution is 0.326. The molecule has 1 heterocycles. The topological polar surface area (TPSA) is 47.0 Å². The van der Waals surface area contributed by atoms with Crippen molar-refractivity contribution in [1.82, 2.24) is 9.97 Å². The molecular formula is C12H21N3O. The van der Waals surface area contributed by atoms with Gasteiger partial charge in [0, 0.05) is 12.6 Å². The summed E-state index contributed by atoms with van der Waals surface area (Å²) in [5, 5.41) is 3.29. The van der Waals surface area contributed by atoms with Crippen molar-refractivity contribution in [3.63, 3.8) is 0 Å². The number of anilines is 1. The van der Waals surface area contributed by atoms with E-state index in [1.807, 2.05) is 13.0 Å². The first-order valence-corrected chi connectivity index (χ1v) is 5.82. The second kappa shape index (κ2) is 6.30. The molecule has 0 fully saturated rings. The maximum atomic E-state index is 5.31. The molecule has 90 valence electrons. The molecule has 0 spiro atoms. The summed E-state index contributed by atoms with van der Waals surface area (Å²) in [4.78, 5) is 8.17. The maximum absolute atomic E-state index is 5.31. The number of rotatable bonds is 6.